The number of benzene rings is 1. The van der Waals surface area contributed by atoms with Gasteiger partial charge in [-0.3, -0.25) is 9.78 Å². The number of aromatic amines is 2. The molecule has 7 nitrogen and oxygen atoms in total. The van der Waals surface area contributed by atoms with Gasteiger partial charge < -0.3 is 4.98 Å². The molecule has 4 aromatic heterocycles. The van der Waals surface area contributed by atoms with Gasteiger partial charge in [0.1, 0.15) is 5.52 Å². The van der Waals surface area contributed by atoms with Crippen molar-refractivity contribution in [3.8, 4) is 22.4 Å². The molecule has 0 atom stereocenters. The summed E-state index contributed by atoms with van der Waals surface area (Å²) in [6.45, 7) is 2.68. The Balaban J connectivity index is 1.53. The van der Waals surface area contributed by atoms with Crippen LogP contribution in [-0.2, 0) is 6.54 Å². The van der Waals surface area contributed by atoms with Gasteiger partial charge >= 0.3 is 0 Å². The summed E-state index contributed by atoms with van der Waals surface area (Å²) < 4.78 is 1.93. The maximum absolute atomic E-state index is 4.82. The summed E-state index contributed by atoms with van der Waals surface area (Å²) >= 11 is 0. The molecule has 0 bridgehead atoms. The van der Waals surface area contributed by atoms with Crippen LogP contribution in [0.15, 0.2) is 61.3 Å². The van der Waals surface area contributed by atoms with E-state index in [2.05, 4.69) is 37.4 Å². The van der Waals surface area contributed by atoms with E-state index in [-0.39, 0.29) is 0 Å². The fraction of sp³-hybridized carbons (Fsp3) is 0.100. The fourth-order valence-electron chi connectivity index (χ4n) is 3.22. The Bertz CT molecular complexity index is 1210. The largest absolute Gasteiger partial charge is 0.344 e. The second-order valence-electron chi connectivity index (χ2n) is 6.45. The van der Waals surface area contributed by atoms with Gasteiger partial charge in [-0.15, -0.1) is 0 Å². The zero-order chi connectivity index (χ0) is 18.2. The first-order valence-electron chi connectivity index (χ1n) is 8.69. The maximum Gasteiger partial charge on any atom is 0.156 e. The van der Waals surface area contributed by atoms with E-state index in [9.17, 15) is 0 Å². The van der Waals surface area contributed by atoms with Gasteiger partial charge in [0.2, 0.25) is 0 Å². The Morgan fingerprint density at radius 1 is 1.04 bits per heavy atom. The van der Waals surface area contributed by atoms with Gasteiger partial charge in [0.15, 0.2) is 5.65 Å². The average Bonchev–Trinajstić information content (AvgIpc) is 3.41. The second-order valence-corrected chi connectivity index (χ2v) is 6.45. The first-order valence-corrected chi connectivity index (χ1v) is 8.69. The SMILES string of the molecule is Cc1n[nH]cc1-c1cnc2[nH]cc(-c3cnn(Cc4ccccc4)c3)c2n1. The minimum absolute atomic E-state index is 0.730. The van der Waals surface area contributed by atoms with Gasteiger partial charge in [-0.25, -0.2) is 9.97 Å². The molecule has 7 heteroatoms. The highest BCUT2D eigenvalue weighted by Gasteiger charge is 2.14. The van der Waals surface area contributed by atoms with E-state index in [1.807, 2.05) is 54.6 Å². The molecule has 0 aliphatic rings. The highest BCUT2D eigenvalue weighted by Crippen LogP contribution is 2.28. The molecular formula is C20H17N7. The maximum atomic E-state index is 4.82. The van der Waals surface area contributed by atoms with E-state index >= 15 is 0 Å². The summed E-state index contributed by atoms with van der Waals surface area (Å²) in [6, 6.07) is 10.3. The summed E-state index contributed by atoms with van der Waals surface area (Å²) in [7, 11) is 0. The average molecular weight is 355 g/mol. The molecule has 4 heterocycles. The van der Waals surface area contributed by atoms with Crippen molar-refractivity contribution in [1.29, 1.82) is 0 Å². The molecular weight excluding hydrogens is 338 g/mol. The quantitative estimate of drug-likeness (QED) is 0.516. The molecule has 1 aromatic carbocycles. The van der Waals surface area contributed by atoms with Crippen LogP contribution in [0.1, 0.15) is 11.3 Å². The third-order valence-electron chi connectivity index (χ3n) is 4.62. The lowest BCUT2D eigenvalue weighted by Gasteiger charge is -2.01. The van der Waals surface area contributed by atoms with Crippen LogP contribution in [0.3, 0.4) is 0 Å². The number of H-pyrrole nitrogens is 2. The summed E-state index contributed by atoms with van der Waals surface area (Å²) in [5.74, 6) is 0. The molecule has 5 aromatic rings. The molecule has 0 amide bonds. The molecule has 0 unspecified atom stereocenters. The number of hydrogen-bond acceptors (Lipinski definition) is 4. The number of nitrogens with zero attached hydrogens (tertiary/aromatic N) is 5. The Morgan fingerprint density at radius 2 is 1.93 bits per heavy atom. The normalized spacial score (nSPS) is 11.3. The summed E-state index contributed by atoms with van der Waals surface area (Å²) in [5, 5.41) is 11.5. The lowest BCUT2D eigenvalue weighted by atomic mass is 10.1. The number of rotatable bonds is 4. The predicted octanol–water partition coefficient (Wildman–Crippen LogP) is 3.57. The van der Waals surface area contributed by atoms with Gasteiger partial charge in [0.25, 0.3) is 0 Å². The van der Waals surface area contributed by atoms with E-state index in [0.29, 0.717) is 0 Å². The number of aryl methyl sites for hydroxylation is 1. The zero-order valence-corrected chi connectivity index (χ0v) is 14.7. The smallest absolute Gasteiger partial charge is 0.156 e. The summed E-state index contributed by atoms with van der Waals surface area (Å²) in [6.07, 6.45) is 9.44. The molecule has 0 saturated carbocycles. The van der Waals surface area contributed by atoms with Crippen LogP contribution in [0.5, 0.6) is 0 Å². The molecule has 0 aliphatic heterocycles. The van der Waals surface area contributed by atoms with Crippen molar-refractivity contribution in [1.82, 2.24) is 34.9 Å². The lowest BCUT2D eigenvalue weighted by Crippen LogP contribution is -1.99. The van der Waals surface area contributed by atoms with Gasteiger partial charge in [0, 0.05) is 35.3 Å². The van der Waals surface area contributed by atoms with Crippen LogP contribution < -0.4 is 0 Å². The Morgan fingerprint density at radius 3 is 2.74 bits per heavy atom. The second kappa shape index (κ2) is 6.21. The third-order valence-corrected chi connectivity index (χ3v) is 4.62. The number of aromatic nitrogens is 7. The molecule has 0 fully saturated rings. The monoisotopic (exact) mass is 355 g/mol. The molecule has 5 rings (SSSR count). The van der Waals surface area contributed by atoms with E-state index in [1.54, 1.807) is 6.20 Å². The van der Waals surface area contributed by atoms with Crippen LogP contribution in [0, 0.1) is 6.92 Å². The van der Waals surface area contributed by atoms with Crippen molar-refractivity contribution in [2.75, 3.05) is 0 Å². The number of hydrogen-bond donors (Lipinski definition) is 2. The Kier molecular flexibility index (Phi) is 3.57. The summed E-state index contributed by atoms with van der Waals surface area (Å²) in [5.41, 5.74) is 7.44. The van der Waals surface area contributed by atoms with E-state index in [1.165, 1.54) is 5.56 Å². The van der Waals surface area contributed by atoms with Crippen LogP contribution in [0.4, 0.5) is 0 Å². The minimum Gasteiger partial charge on any atom is -0.344 e. The van der Waals surface area contributed by atoms with Crippen LogP contribution in [0.2, 0.25) is 0 Å². The highest BCUT2D eigenvalue weighted by atomic mass is 15.3. The van der Waals surface area contributed by atoms with Crippen LogP contribution in [-0.4, -0.2) is 34.9 Å². The van der Waals surface area contributed by atoms with Gasteiger partial charge in [-0.2, -0.15) is 10.2 Å². The van der Waals surface area contributed by atoms with E-state index in [0.717, 1.165) is 45.8 Å². The van der Waals surface area contributed by atoms with Crippen LogP contribution >= 0.6 is 0 Å². The van der Waals surface area contributed by atoms with E-state index < -0.39 is 0 Å². The van der Waals surface area contributed by atoms with Gasteiger partial charge in [-0.05, 0) is 12.5 Å². The Labute approximate surface area is 155 Å². The Hall–Kier alpha value is -3.74. The van der Waals surface area contributed by atoms with Crippen LogP contribution in [0.25, 0.3) is 33.5 Å². The zero-order valence-electron chi connectivity index (χ0n) is 14.7. The lowest BCUT2D eigenvalue weighted by molar-refractivity contribution is 0.687. The molecule has 132 valence electrons. The first-order chi connectivity index (χ1) is 13.3. The first kappa shape index (κ1) is 15.5. The van der Waals surface area contributed by atoms with Crippen molar-refractivity contribution in [3.05, 3.63) is 72.6 Å². The molecule has 0 spiro atoms. The molecule has 2 N–H and O–H groups in total. The molecule has 0 saturated heterocycles. The standard InChI is InChI=1S/C20H17N7/c1-13-16(9-23-26-13)18-10-22-20-19(25-18)17(8-21-20)15-7-24-27(12-15)11-14-5-3-2-4-6-14/h2-10,12H,11H2,1H3,(H,21,22)(H,23,26). The van der Waals surface area contributed by atoms with Crippen molar-refractivity contribution in [2.45, 2.75) is 13.5 Å². The summed E-state index contributed by atoms with van der Waals surface area (Å²) in [4.78, 5) is 12.5. The van der Waals surface area contributed by atoms with Crippen molar-refractivity contribution in [2.24, 2.45) is 0 Å². The van der Waals surface area contributed by atoms with Crippen molar-refractivity contribution < 1.29 is 0 Å². The number of nitrogens with one attached hydrogen (secondary N) is 2. The van der Waals surface area contributed by atoms with Gasteiger partial charge in [-0.1, -0.05) is 30.3 Å². The van der Waals surface area contributed by atoms with Crippen molar-refractivity contribution in [3.63, 3.8) is 0 Å². The highest BCUT2D eigenvalue weighted by molar-refractivity contribution is 5.91. The molecule has 0 radical (unpaired) electrons. The van der Waals surface area contributed by atoms with Crippen molar-refractivity contribution >= 4 is 11.2 Å². The third kappa shape index (κ3) is 2.79. The van der Waals surface area contributed by atoms with Gasteiger partial charge in [0.05, 0.1) is 30.3 Å². The fourth-order valence-corrected chi connectivity index (χ4v) is 3.22. The minimum atomic E-state index is 0.730. The predicted molar refractivity (Wildman–Crippen MR) is 103 cm³/mol. The van der Waals surface area contributed by atoms with E-state index in [4.69, 9.17) is 4.98 Å². The molecule has 27 heavy (non-hydrogen) atoms. The molecule has 0 aliphatic carbocycles. The topological polar surface area (TPSA) is 88.1 Å². The number of fused-ring (bicyclic) bond motifs is 1.